The topological polar surface area (TPSA) is 0 Å². The quantitative estimate of drug-likeness (QED) is 0.666. The summed E-state index contributed by atoms with van der Waals surface area (Å²) in [6.07, 6.45) is 3.69. The molecule has 0 heterocycles. The van der Waals surface area contributed by atoms with Gasteiger partial charge >= 0.3 is 0 Å². The van der Waals surface area contributed by atoms with Gasteiger partial charge in [0.1, 0.15) is 0 Å². The van der Waals surface area contributed by atoms with E-state index in [0.29, 0.717) is 5.92 Å². The lowest BCUT2D eigenvalue weighted by Crippen LogP contribution is -2.00. The summed E-state index contributed by atoms with van der Waals surface area (Å²) in [5, 5.41) is 0. The smallest absolute Gasteiger partial charge is 0.0292 e. The molecule has 0 aliphatic rings. The summed E-state index contributed by atoms with van der Waals surface area (Å²) in [5.74, 6) is 1.24. The lowest BCUT2D eigenvalue weighted by atomic mass is 9.95. The van der Waals surface area contributed by atoms with E-state index in [2.05, 4.69) is 47.1 Å². The summed E-state index contributed by atoms with van der Waals surface area (Å²) in [6, 6.07) is 8.49. The SMILES string of the molecule is CCCCC(CCl)c1ccc(Br)cc1. The molecule has 0 aliphatic heterocycles. The average molecular weight is 276 g/mol. The molecular formula is C12H16BrCl. The number of rotatable bonds is 5. The van der Waals surface area contributed by atoms with E-state index in [1.54, 1.807) is 0 Å². The Balaban J connectivity index is 2.64. The maximum Gasteiger partial charge on any atom is 0.0292 e. The summed E-state index contributed by atoms with van der Waals surface area (Å²) < 4.78 is 1.13. The minimum Gasteiger partial charge on any atom is -0.126 e. The van der Waals surface area contributed by atoms with Gasteiger partial charge in [-0.25, -0.2) is 0 Å². The van der Waals surface area contributed by atoms with Crippen LogP contribution in [0.1, 0.15) is 37.7 Å². The Morgan fingerprint density at radius 3 is 2.43 bits per heavy atom. The van der Waals surface area contributed by atoms with Crippen molar-refractivity contribution in [1.82, 2.24) is 0 Å². The number of hydrogen-bond acceptors (Lipinski definition) is 0. The second-order valence-corrected chi connectivity index (χ2v) is 4.77. The molecule has 1 aromatic carbocycles. The van der Waals surface area contributed by atoms with E-state index in [9.17, 15) is 0 Å². The van der Waals surface area contributed by atoms with Gasteiger partial charge in [-0.1, -0.05) is 47.8 Å². The Kier molecular flexibility index (Phi) is 5.57. The van der Waals surface area contributed by atoms with Crippen molar-refractivity contribution in [2.45, 2.75) is 32.1 Å². The maximum atomic E-state index is 5.97. The molecule has 0 nitrogen and oxygen atoms in total. The number of benzene rings is 1. The van der Waals surface area contributed by atoms with E-state index in [1.165, 1.54) is 24.8 Å². The Morgan fingerprint density at radius 1 is 1.29 bits per heavy atom. The third-order valence-electron chi connectivity index (χ3n) is 2.43. The van der Waals surface area contributed by atoms with Crippen LogP contribution in [0.3, 0.4) is 0 Å². The van der Waals surface area contributed by atoms with Crippen molar-refractivity contribution < 1.29 is 0 Å². The predicted octanol–water partition coefficient (Wildman–Crippen LogP) is 4.96. The van der Waals surface area contributed by atoms with Crippen LogP contribution in [0.2, 0.25) is 0 Å². The number of hydrogen-bond donors (Lipinski definition) is 0. The molecule has 0 spiro atoms. The van der Waals surface area contributed by atoms with Crippen LogP contribution in [-0.4, -0.2) is 5.88 Å². The van der Waals surface area contributed by atoms with Crippen molar-refractivity contribution in [2.75, 3.05) is 5.88 Å². The van der Waals surface area contributed by atoms with Crippen LogP contribution < -0.4 is 0 Å². The van der Waals surface area contributed by atoms with E-state index in [4.69, 9.17) is 11.6 Å². The second-order valence-electron chi connectivity index (χ2n) is 3.55. The highest BCUT2D eigenvalue weighted by Gasteiger charge is 2.08. The fourth-order valence-electron chi connectivity index (χ4n) is 1.52. The predicted molar refractivity (Wildman–Crippen MR) is 67.1 cm³/mol. The highest BCUT2D eigenvalue weighted by Crippen LogP contribution is 2.24. The minimum atomic E-state index is 0.518. The van der Waals surface area contributed by atoms with Crippen molar-refractivity contribution >= 4 is 27.5 Å². The summed E-state index contributed by atoms with van der Waals surface area (Å²) in [5.41, 5.74) is 1.36. The summed E-state index contributed by atoms with van der Waals surface area (Å²) in [7, 11) is 0. The zero-order valence-electron chi connectivity index (χ0n) is 8.47. The second kappa shape index (κ2) is 6.47. The van der Waals surface area contributed by atoms with Crippen LogP contribution in [-0.2, 0) is 0 Å². The van der Waals surface area contributed by atoms with Crippen LogP contribution >= 0.6 is 27.5 Å². The standard InChI is InChI=1S/C12H16BrCl/c1-2-3-4-11(9-14)10-5-7-12(13)8-6-10/h5-8,11H,2-4,9H2,1H3. The van der Waals surface area contributed by atoms with Crippen LogP contribution in [0.5, 0.6) is 0 Å². The van der Waals surface area contributed by atoms with E-state index in [0.717, 1.165) is 10.4 Å². The Bertz CT molecular complexity index is 256. The number of unbranched alkanes of at least 4 members (excludes halogenated alkanes) is 1. The zero-order valence-corrected chi connectivity index (χ0v) is 10.8. The Morgan fingerprint density at radius 2 is 1.93 bits per heavy atom. The first-order chi connectivity index (χ1) is 6.77. The van der Waals surface area contributed by atoms with E-state index < -0.39 is 0 Å². The number of halogens is 2. The van der Waals surface area contributed by atoms with Gasteiger partial charge in [0, 0.05) is 10.4 Å². The monoisotopic (exact) mass is 274 g/mol. The largest absolute Gasteiger partial charge is 0.126 e. The van der Waals surface area contributed by atoms with Gasteiger partial charge in [0.25, 0.3) is 0 Å². The molecule has 0 saturated carbocycles. The molecule has 1 atom stereocenters. The fourth-order valence-corrected chi connectivity index (χ4v) is 2.12. The lowest BCUT2D eigenvalue weighted by molar-refractivity contribution is 0.628. The molecule has 14 heavy (non-hydrogen) atoms. The Labute approximate surface area is 99.8 Å². The highest BCUT2D eigenvalue weighted by atomic mass is 79.9. The van der Waals surface area contributed by atoms with Gasteiger partial charge in [-0.15, -0.1) is 11.6 Å². The van der Waals surface area contributed by atoms with Crippen molar-refractivity contribution in [2.24, 2.45) is 0 Å². The van der Waals surface area contributed by atoms with Gasteiger partial charge < -0.3 is 0 Å². The van der Waals surface area contributed by atoms with Gasteiger partial charge in [0.2, 0.25) is 0 Å². The van der Waals surface area contributed by atoms with Gasteiger partial charge in [-0.05, 0) is 30.0 Å². The van der Waals surface area contributed by atoms with E-state index >= 15 is 0 Å². The summed E-state index contributed by atoms with van der Waals surface area (Å²) >= 11 is 9.40. The zero-order chi connectivity index (χ0) is 10.4. The van der Waals surface area contributed by atoms with Gasteiger partial charge in [-0.3, -0.25) is 0 Å². The molecule has 1 aromatic rings. The maximum absolute atomic E-state index is 5.97. The molecular weight excluding hydrogens is 259 g/mol. The molecule has 0 aromatic heterocycles. The first kappa shape index (κ1) is 12.1. The molecule has 1 rings (SSSR count). The van der Waals surface area contributed by atoms with Crippen molar-refractivity contribution in [3.05, 3.63) is 34.3 Å². The number of alkyl halides is 1. The molecule has 0 bridgehead atoms. The molecule has 0 radical (unpaired) electrons. The van der Waals surface area contributed by atoms with Gasteiger partial charge in [0.15, 0.2) is 0 Å². The van der Waals surface area contributed by atoms with Gasteiger partial charge in [0.05, 0.1) is 0 Å². The minimum absolute atomic E-state index is 0.518. The molecule has 0 N–H and O–H groups in total. The summed E-state index contributed by atoms with van der Waals surface area (Å²) in [4.78, 5) is 0. The molecule has 0 amide bonds. The molecule has 0 saturated heterocycles. The van der Waals surface area contributed by atoms with Crippen LogP contribution in [0.15, 0.2) is 28.7 Å². The average Bonchev–Trinajstić information content (AvgIpc) is 2.21. The Hall–Kier alpha value is -0.0100. The lowest BCUT2D eigenvalue weighted by Gasteiger charge is -2.13. The van der Waals surface area contributed by atoms with Gasteiger partial charge in [-0.2, -0.15) is 0 Å². The third-order valence-corrected chi connectivity index (χ3v) is 3.33. The molecule has 78 valence electrons. The van der Waals surface area contributed by atoms with Crippen molar-refractivity contribution in [3.8, 4) is 0 Å². The van der Waals surface area contributed by atoms with Crippen LogP contribution in [0.4, 0.5) is 0 Å². The molecule has 2 heteroatoms. The first-order valence-corrected chi connectivity index (χ1v) is 6.42. The first-order valence-electron chi connectivity index (χ1n) is 5.09. The molecule has 0 aliphatic carbocycles. The van der Waals surface area contributed by atoms with Crippen molar-refractivity contribution in [1.29, 1.82) is 0 Å². The highest BCUT2D eigenvalue weighted by molar-refractivity contribution is 9.10. The van der Waals surface area contributed by atoms with Crippen LogP contribution in [0.25, 0.3) is 0 Å². The van der Waals surface area contributed by atoms with E-state index in [-0.39, 0.29) is 0 Å². The normalized spacial score (nSPS) is 12.8. The molecule has 1 unspecified atom stereocenters. The summed E-state index contributed by atoms with van der Waals surface area (Å²) in [6.45, 7) is 2.22. The molecule has 0 fully saturated rings. The van der Waals surface area contributed by atoms with Crippen LogP contribution in [0, 0.1) is 0 Å². The van der Waals surface area contributed by atoms with E-state index in [1.807, 2.05) is 0 Å². The van der Waals surface area contributed by atoms with Crippen molar-refractivity contribution in [3.63, 3.8) is 0 Å². The third kappa shape index (κ3) is 3.62. The fraction of sp³-hybridized carbons (Fsp3) is 0.500.